The summed E-state index contributed by atoms with van der Waals surface area (Å²) >= 11 is 0.363. The van der Waals surface area contributed by atoms with E-state index in [4.69, 9.17) is 21.0 Å². The molecule has 0 saturated carbocycles. The molecule has 0 amide bonds. The van der Waals surface area contributed by atoms with Gasteiger partial charge in [-0.15, -0.1) is 39.4 Å². The van der Waals surface area contributed by atoms with Gasteiger partial charge < -0.3 is 20.7 Å². The van der Waals surface area contributed by atoms with Gasteiger partial charge in [0, 0.05) is 28.3 Å². The van der Waals surface area contributed by atoms with Gasteiger partial charge in [-0.2, -0.15) is 33.7 Å². The number of nitrogen functional groups attached to an aromatic ring is 1. The number of nitrogens with two attached hydrogens (primary N) is 1. The molecule has 37 heteroatoms. The van der Waals surface area contributed by atoms with E-state index in [0.29, 0.717) is 30.2 Å². The van der Waals surface area contributed by atoms with Crippen LogP contribution in [0.5, 0.6) is 17.2 Å². The quantitative estimate of drug-likeness (QED) is 0.00748. The number of ether oxygens (including phenoxy) is 1. The van der Waals surface area contributed by atoms with Crippen molar-refractivity contribution in [1.82, 2.24) is 0 Å². The van der Waals surface area contributed by atoms with E-state index in [1.165, 1.54) is 25.3 Å². The van der Waals surface area contributed by atoms with Crippen LogP contribution < -0.4 is 10.5 Å². The van der Waals surface area contributed by atoms with Gasteiger partial charge in [-0.25, -0.2) is 10.5 Å². The molecule has 0 aromatic heterocycles. The highest BCUT2D eigenvalue weighted by atomic mass is 32.2. The maximum absolute atomic E-state index is 13.0. The highest BCUT2D eigenvalue weighted by Crippen LogP contribution is 2.51. The summed E-state index contributed by atoms with van der Waals surface area (Å²) in [6, 6.07) is 9.25. The number of nitrogens with zero attached hydrogens (tertiary/aromatic N) is 7. The Hall–Kier alpha value is -6.66. The molecular weight excluding hydrogens is 1070 g/mol. The molecule has 6 rings (SSSR count). The third-order valence-electron chi connectivity index (χ3n) is 8.98. The van der Waals surface area contributed by atoms with E-state index < -0.39 is 143 Å². The number of azo groups is 3. The molecular formula is C33H24N8O23S6. The second kappa shape index (κ2) is 20.4. The van der Waals surface area contributed by atoms with Crippen LogP contribution in [0.1, 0.15) is 0 Å². The van der Waals surface area contributed by atoms with Gasteiger partial charge in [0.2, 0.25) is 0 Å². The molecule has 6 aromatic carbocycles. The maximum atomic E-state index is 13.0. The molecule has 0 unspecified atom stereocenters. The molecule has 0 heterocycles. The Bertz CT molecular complexity index is 3710. The minimum atomic E-state index is -5.60. The fourth-order valence-corrected chi connectivity index (χ4v) is 9.84. The van der Waals surface area contributed by atoms with Gasteiger partial charge in [0.1, 0.15) is 59.5 Å². The summed E-state index contributed by atoms with van der Waals surface area (Å²) < 4.78 is 156. The van der Waals surface area contributed by atoms with Crippen LogP contribution >= 0.6 is 24.1 Å². The number of phenols is 2. The summed E-state index contributed by atoms with van der Waals surface area (Å²) in [6.07, 6.45) is 0. The number of nitro benzene ring substituents is 1. The van der Waals surface area contributed by atoms with Gasteiger partial charge in [0.25, 0.3) is 46.2 Å². The number of fused-ring (bicyclic) bond motifs is 2. The molecule has 0 bridgehead atoms. The second-order valence-electron chi connectivity index (χ2n) is 13.1. The van der Waals surface area contributed by atoms with Crippen LogP contribution in [0.4, 0.5) is 45.5 Å². The zero-order valence-electron chi connectivity index (χ0n) is 33.7. The molecule has 0 fully saturated rings. The number of aromatic hydroxyl groups is 2. The number of phenolic OH excluding ortho intramolecular Hbond substituents is 2. The zero-order valence-corrected chi connectivity index (χ0v) is 38.6. The van der Waals surface area contributed by atoms with E-state index in [2.05, 4.69) is 49.4 Å². The summed E-state index contributed by atoms with van der Waals surface area (Å²) in [5, 5.41) is 78.1. The number of nitro groups is 1. The van der Waals surface area contributed by atoms with E-state index in [0.717, 1.165) is 30.3 Å². The minimum absolute atomic E-state index is 0.00734. The average Bonchev–Trinajstić information content (AvgIpc) is 3.27. The van der Waals surface area contributed by atoms with Crippen molar-refractivity contribution in [3.05, 3.63) is 76.8 Å². The Labute approximate surface area is 397 Å². The molecule has 0 aliphatic rings. The zero-order chi connectivity index (χ0) is 51.7. The van der Waals surface area contributed by atoms with E-state index in [-0.39, 0.29) is 28.4 Å². The molecule has 0 saturated heterocycles. The third kappa shape index (κ3) is 11.2. The minimum Gasteiger partial charge on any atom is -0.505 e. The van der Waals surface area contributed by atoms with Crippen LogP contribution in [-0.2, 0) is 59.2 Å². The van der Waals surface area contributed by atoms with Gasteiger partial charge in [0.05, 0.1) is 57.0 Å². The fraction of sp³-hybridized carbons (Fsp3) is 0.0303. The summed E-state index contributed by atoms with van der Waals surface area (Å²) in [6.45, 7) is 0. The number of rotatable bonds is 18. The molecule has 6 aromatic rings. The largest absolute Gasteiger partial charge is 0.505 e. The normalized spacial score (nSPS) is 12.8. The monoisotopic (exact) mass is 1090 g/mol. The van der Waals surface area contributed by atoms with Crippen molar-refractivity contribution in [3.8, 4) is 17.2 Å². The van der Waals surface area contributed by atoms with Gasteiger partial charge in [-0.1, -0.05) is 10.1 Å². The number of benzene rings is 6. The Morgan fingerprint density at radius 1 is 0.571 bits per heavy atom. The van der Waals surface area contributed by atoms with Crippen LogP contribution in [0.25, 0.3) is 21.5 Å². The van der Waals surface area contributed by atoms with Crippen molar-refractivity contribution in [1.29, 1.82) is 0 Å². The molecule has 0 aliphatic carbocycles. The summed E-state index contributed by atoms with van der Waals surface area (Å²) in [7, 11) is -20.4. The van der Waals surface area contributed by atoms with Crippen molar-refractivity contribution in [2.75, 3.05) is 12.8 Å². The molecule has 370 valence electrons. The Morgan fingerprint density at radius 3 is 1.71 bits per heavy atom. The van der Waals surface area contributed by atoms with E-state index >= 15 is 0 Å². The van der Waals surface area contributed by atoms with Gasteiger partial charge in [0.15, 0.2) is 11.5 Å². The predicted molar refractivity (Wildman–Crippen MR) is 235 cm³/mol. The Kier molecular flexibility index (Phi) is 15.3. The topological polar surface area (TPSA) is 488 Å². The lowest BCUT2D eigenvalue weighted by atomic mass is 10.0. The lowest BCUT2D eigenvalue weighted by Gasteiger charge is -2.15. The first-order chi connectivity index (χ1) is 32.7. The number of non-ortho nitro benzene ring substituents is 1. The lowest BCUT2D eigenvalue weighted by Crippen LogP contribution is -2.03. The number of anilines is 1. The first kappa shape index (κ1) is 52.7. The summed E-state index contributed by atoms with van der Waals surface area (Å²) in [5.74, 6) is -2.12. The molecule has 70 heavy (non-hydrogen) atoms. The second-order valence-corrected chi connectivity index (χ2v) is 20.1. The van der Waals surface area contributed by atoms with Crippen molar-refractivity contribution in [3.63, 3.8) is 0 Å². The van der Waals surface area contributed by atoms with E-state index in [1.807, 2.05) is 0 Å². The fourth-order valence-electron chi connectivity index (χ4n) is 6.09. The van der Waals surface area contributed by atoms with Crippen LogP contribution in [0.15, 0.2) is 127 Å². The smallest absolute Gasteiger partial charge is 0.297 e. The van der Waals surface area contributed by atoms with Gasteiger partial charge >= 0.3 is 0 Å². The van der Waals surface area contributed by atoms with Crippen LogP contribution in [-0.4, -0.2) is 84.6 Å². The number of hydrogen-bond acceptors (Lipinski definition) is 28. The lowest BCUT2D eigenvalue weighted by molar-refractivity contribution is -0.432. The van der Waals surface area contributed by atoms with Crippen molar-refractivity contribution >= 4 is 132 Å². The van der Waals surface area contributed by atoms with Gasteiger partial charge in [-0.3, -0.25) is 28.3 Å². The standard InChI is InChI=1S/C33H24N8O23S6/c1-60-14-3-6-18(22(9-14)65-63-61-46)35-40-30-26(69(54,55)56)11-16-15(31(30)42)4-7-20(33(16)70(57,58)59)37-38-21-12-24(67(48,49)50)17-10-23(66-64-62-47)29(32(43)27(17)28(21)34)39-36-19-5-2-13(41(44)45)8-25(19)68(51,52)53/h2-12,42-43,46-47H,34H2,1H3,(H,48,49,50)(H,51,52,53)(H,54,55,56)(H,57,58,59). The SMILES string of the molecule is COc1ccc(N=Nc2c(S(=O)(=O)O)cc3c(S(=O)(=O)O)c(N=Nc4cc(S(=O)(=O)O)c5cc(SOOO)c(N=Nc6ccc([N+](=O)[O-])cc6S(=O)(=O)O)c(O)c5c4N)ccc3c2O)c(SOOO)c1. The molecule has 0 aliphatic heterocycles. The van der Waals surface area contributed by atoms with Crippen LogP contribution in [0.2, 0.25) is 0 Å². The molecule has 0 spiro atoms. The van der Waals surface area contributed by atoms with E-state index in [1.54, 1.807) is 0 Å². The van der Waals surface area contributed by atoms with Crippen molar-refractivity contribution in [2.24, 2.45) is 30.7 Å². The van der Waals surface area contributed by atoms with Gasteiger partial charge in [-0.05, 0) is 54.6 Å². The molecule has 0 radical (unpaired) electrons. The van der Waals surface area contributed by atoms with E-state index in [9.17, 15) is 72.2 Å². The maximum Gasteiger partial charge on any atom is 0.297 e. The number of methoxy groups -OCH3 is 1. The summed E-state index contributed by atoms with van der Waals surface area (Å²) in [5.41, 5.74) is 0.238. The van der Waals surface area contributed by atoms with Crippen molar-refractivity contribution < 1.29 is 101 Å². The van der Waals surface area contributed by atoms with Crippen molar-refractivity contribution in [2.45, 2.75) is 29.4 Å². The highest BCUT2D eigenvalue weighted by molar-refractivity contribution is 7.95. The molecule has 31 nitrogen and oxygen atoms in total. The highest BCUT2D eigenvalue weighted by Gasteiger charge is 2.30. The predicted octanol–water partition coefficient (Wildman–Crippen LogP) is 7.99. The van der Waals surface area contributed by atoms with Crippen LogP contribution in [0.3, 0.4) is 0 Å². The van der Waals surface area contributed by atoms with Crippen LogP contribution in [0, 0.1) is 10.1 Å². The number of hydrogen-bond donors (Lipinski definition) is 9. The average molecular weight is 1090 g/mol. The molecule has 0 atom stereocenters. The Balaban J connectivity index is 1.57. The third-order valence-corrected chi connectivity index (χ3v) is 13.8. The molecule has 10 N–H and O–H groups in total. The summed E-state index contributed by atoms with van der Waals surface area (Å²) in [4.78, 5) is 4.84. The Morgan fingerprint density at radius 2 is 1.13 bits per heavy atom. The first-order valence-electron chi connectivity index (χ1n) is 17.6. The first-order valence-corrected chi connectivity index (χ1v) is 24.8.